The van der Waals surface area contributed by atoms with Crippen LogP contribution in [0.15, 0.2) is 59.4 Å². The molecule has 6 nitrogen and oxygen atoms in total. The second-order valence-corrected chi connectivity index (χ2v) is 6.26. The first-order chi connectivity index (χ1) is 13.1. The summed E-state index contributed by atoms with van der Waals surface area (Å²) < 4.78 is 5.30. The highest BCUT2D eigenvalue weighted by atomic mass is 16.5. The zero-order valence-electron chi connectivity index (χ0n) is 15.5. The number of para-hydroxylation sites is 3. The smallest absolute Gasteiger partial charge is 0.322 e. The van der Waals surface area contributed by atoms with Crippen LogP contribution in [0.3, 0.4) is 0 Å². The number of methoxy groups -OCH3 is 1. The highest BCUT2D eigenvalue weighted by Crippen LogP contribution is 2.24. The molecule has 2 N–H and O–H groups in total. The maximum absolute atomic E-state index is 12.9. The summed E-state index contributed by atoms with van der Waals surface area (Å²) in [6.45, 7) is 2.93. The summed E-state index contributed by atoms with van der Waals surface area (Å²) in [4.78, 5) is 29.4. The predicted octanol–water partition coefficient (Wildman–Crippen LogP) is 3.98. The number of H-pyrrole nitrogens is 1. The number of carbonyl (C=O) groups excluding carboxylic acids is 1. The molecule has 0 radical (unpaired) electrons. The lowest BCUT2D eigenvalue weighted by atomic mass is 10.1. The predicted molar refractivity (Wildman–Crippen MR) is 107 cm³/mol. The van der Waals surface area contributed by atoms with Crippen molar-refractivity contribution in [2.45, 2.75) is 19.9 Å². The van der Waals surface area contributed by atoms with E-state index in [0.29, 0.717) is 24.5 Å². The molecular weight excluding hydrogens is 342 g/mol. The Morgan fingerprint density at radius 1 is 1.15 bits per heavy atom. The fourth-order valence-electron chi connectivity index (χ4n) is 3.08. The van der Waals surface area contributed by atoms with E-state index in [1.54, 1.807) is 30.2 Å². The molecule has 3 rings (SSSR count). The minimum atomic E-state index is -0.231. The molecule has 0 bridgehead atoms. The van der Waals surface area contributed by atoms with Crippen molar-refractivity contribution in [3.05, 3.63) is 70.5 Å². The van der Waals surface area contributed by atoms with E-state index in [0.717, 1.165) is 22.9 Å². The fourth-order valence-corrected chi connectivity index (χ4v) is 3.08. The Morgan fingerprint density at radius 2 is 1.89 bits per heavy atom. The highest BCUT2D eigenvalue weighted by Gasteiger charge is 2.16. The summed E-state index contributed by atoms with van der Waals surface area (Å²) in [5, 5.41) is 3.84. The molecular formula is C21H23N3O3. The van der Waals surface area contributed by atoms with Gasteiger partial charge in [-0.25, -0.2) is 4.79 Å². The lowest BCUT2D eigenvalue weighted by Crippen LogP contribution is -2.35. The Morgan fingerprint density at radius 3 is 2.67 bits per heavy atom. The maximum atomic E-state index is 12.9. The molecule has 0 aliphatic carbocycles. The fraction of sp³-hybridized carbons (Fsp3) is 0.238. The van der Waals surface area contributed by atoms with Gasteiger partial charge in [0.25, 0.3) is 0 Å². The molecule has 0 unspecified atom stereocenters. The van der Waals surface area contributed by atoms with Crippen molar-refractivity contribution in [3.8, 4) is 5.75 Å². The lowest BCUT2D eigenvalue weighted by molar-refractivity contribution is 0.209. The van der Waals surface area contributed by atoms with Gasteiger partial charge in [-0.15, -0.1) is 0 Å². The van der Waals surface area contributed by atoms with E-state index in [1.807, 2.05) is 43.3 Å². The Labute approximate surface area is 157 Å². The van der Waals surface area contributed by atoms with Gasteiger partial charge < -0.3 is 19.9 Å². The van der Waals surface area contributed by atoms with Gasteiger partial charge >= 0.3 is 6.03 Å². The quantitative estimate of drug-likeness (QED) is 0.694. The van der Waals surface area contributed by atoms with Crippen molar-refractivity contribution in [3.63, 3.8) is 0 Å². The summed E-state index contributed by atoms with van der Waals surface area (Å²) in [5.74, 6) is 0.601. The monoisotopic (exact) mass is 365 g/mol. The number of benzene rings is 2. The van der Waals surface area contributed by atoms with Gasteiger partial charge in [-0.2, -0.15) is 0 Å². The van der Waals surface area contributed by atoms with Crippen LogP contribution in [0.25, 0.3) is 10.9 Å². The van der Waals surface area contributed by atoms with E-state index < -0.39 is 0 Å². The topological polar surface area (TPSA) is 74.4 Å². The number of aromatic nitrogens is 1. The van der Waals surface area contributed by atoms with Gasteiger partial charge in [0.2, 0.25) is 5.56 Å². The lowest BCUT2D eigenvalue weighted by Gasteiger charge is -2.24. The number of rotatable bonds is 6. The number of hydrogen-bond acceptors (Lipinski definition) is 3. The van der Waals surface area contributed by atoms with Crippen molar-refractivity contribution in [1.29, 1.82) is 0 Å². The summed E-state index contributed by atoms with van der Waals surface area (Å²) >= 11 is 0. The van der Waals surface area contributed by atoms with Crippen LogP contribution < -0.4 is 15.6 Å². The van der Waals surface area contributed by atoms with Gasteiger partial charge in [0.05, 0.1) is 12.8 Å². The van der Waals surface area contributed by atoms with Crippen LogP contribution in [0.4, 0.5) is 10.5 Å². The number of hydrogen-bond donors (Lipinski definition) is 2. The van der Waals surface area contributed by atoms with Crippen molar-refractivity contribution >= 4 is 22.6 Å². The first-order valence-corrected chi connectivity index (χ1v) is 8.92. The molecule has 0 fully saturated rings. The SMILES string of the molecule is CCCN(Cc1cc(=O)[nH]c2ccccc12)C(=O)Nc1ccccc1OC. The number of urea groups is 1. The zero-order chi connectivity index (χ0) is 19.2. The van der Waals surface area contributed by atoms with Gasteiger partial charge in [-0.3, -0.25) is 4.79 Å². The standard InChI is InChI=1S/C21H23N3O3/c1-3-12-24(21(26)23-18-10-6-7-11-19(18)27-2)14-15-13-20(25)22-17-9-5-4-8-16(15)17/h4-11,13H,3,12,14H2,1-2H3,(H,22,25)(H,23,26). The molecule has 2 amide bonds. The Balaban J connectivity index is 1.88. The van der Waals surface area contributed by atoms with Crippen LogP contribution in [0.1, 0.15) is 18.9 Å². The number of ether oxygens (including phenoxy) is 1. The van der Waals surface area contributed by atoms with Crippen molar-refractivity contribution in [1.82, 2.24) is 9.88 Å². The van der Waals surface area contributed by atoms with Crippen molar-refractivity contribution in [2.75, 3.05) is 19.0 Å². The summed E-state index contributed by atoms with van der Waals surface area (Å²) in [6, 6.07) is 16.2. The molecule has 140 valence electrons. The van der Waals surface area contributed by atoms with Crippen molar-refractivity contribution in [2.24, 2.45) is 0 Å². The van der Waals surface area contributed by atoms with E-state index >= 15 is 0 Å². The number of nitrogens with zero attached hydrogens (tertiary/aromatic N) is 1. The molecule has 0 aliphatic heterocycles. The molecule has 0 aliphatic rings. The molecule has 1 heterocycles. The third-order valence-corrected chi connectivity index (χ3v) is 4.33. The third-order valence-electron chi connectivity index (χ3n) is 4.33. The van der Waals surface area contributed by atoms with Crippen LogP contribution in [-0.4, -0.2) is 29.6 Å². The molecule has 2 aromatic carbocycles. The Hall–Kier alpha value is -3.28. The van der Waals surface area contributed by atoms with Gasteiger partial charge in [-0.1, -0.05) is 37.3 Å². The van der Waals surface area contributed by atoms with Crippen molar-refractivity contribution < 1.29 is 9.53 Å². The number of amides is 2. The molecule has 6 heteroatoms. The van der Waals surface area contributed by atoms with Crippen LogP contribution in [-0.2, 0) is 6.54 Å². The van der Waals surface area contributed by atoms with Gasteiger partial charge in [-0.05, 0) is 30.2 Å². The minimum absolute atomic E-state index is 0.176. The number of anilines is 1. The average molecular weight is 365 g/mol. The second-order valence-electron chi connectivity index (χ2n) is 6.26. The van der Waals surface area contributed by atoms with E-state index in [9.17, 15) is 9.59 Å². The minimum Gasteiger partial charge on any atom is -0.495 e. The number of pyridine rings is 1. The molecule has 0 spiro atoms. The maximum Gasteiger partial charge on any atom is 0.322 e. The molecule has 27 heavy (non-hydrogen) atoms. The van der Waals surface area contributed by atoms with E-state index in [4.69, 9.17) is 4.74 Å². The van der Waals surface area contributed by atoms with Crippen LogP contribution in [0, 0.1) is 0 Å². The van der Waals surface area contributed by atoms with E-state index in [2.05, 4.69) is 10.3 Å². The van der Waals surface area contributed by atoms with Gasteiger partial charge in [0.15, 0.2) is 0 Å². The Kier molecular flexibility index (Phi) is 5.76. The number of fused-ring (bicyclic) bond motifs is 1. The summed E-state index contributed by atoms with van der Waals surface area (Å²) in [6.07, 6.45) is 0.806. The zero-order valence-corrected chi connectivity index (χ0v) is 15.5. The van der Waals surface area contributed by atoms with Crippen LogP contribution in [0.2, 0.25) is 0 Å². The molecule has 1 aromatic heterocycles. The molecule has 0 saturated heterocycles. The Bertz CT molecular complexity index is 997. The normalized spacial score (nSPS) is 10.6. The molecule has 0 saturated carbocycles. The van der Waals surface area contributed by atoms with Crippen LogP contribution >= 0.6 is 0 Å². The van der Waals surface area contributed by atoms with Crippen LogP contribution in [0.5, 0.6) is 5.75 Å². The van der Waals surface area contributed by atoms with Gasteiger partial charge in [0.1, 0.15) is 5.75 Å². The number of aromatic amines is 1. The second kappa shape index (κ2) is 8.40. The molecule has 3 aromatic rings. The average Bonchev–Trinajstić information content (AvgIpc) is 2.67. The van der Waals surface area contributed by atoms with E-state index in [1.165, 1.54) is 0 Å². The van der Waals surface area contributed by atoms with Gasteiger partial charge in [0, 0.05) is 30.1 Å². The van der Waals surface area contributed by atoms with E-state index in [-0.39, 0.29) is 11.6 Å². The third kappa shape index (κ3) is 4.28. The summed E-state index contributed by atoms with van der Waals surface area (Å²) in [5.41, 5.74) is 2.02. The molecule has 0 atom stereocenters. The largest absolute Gasteiger partial charge is 0.495 e. The summed E-state index contributed by atoms with van der Waals surface area (Å²) in [7, 11) is 1.57. The first kappa shape index (κ1) is 18.5. The highest BCUT2D eigenvalue weighted by molar-refractivity contribution is 5.91. The first-order valence-electron chi connectivity index (χ1n) is 8.92. The number of nitrogens with one attached hydrogen (secondary N) is 2. The number of carbonyl (C=O) groups is 1.